The summed E-state index contributed by atoms with van der Waals surface area (Å²) in [5, 5.41) is 25.7. The minimum atomic E-state index is -1.51. The highest BCUT2D eigenvalue weighted by Crippen LogP contribution is 2.33. The van der Waals surface area contributed by atoms with Gasteiger partial charge in [0.1, 0.15) is 17.7 Å². The molecule has 0 saturated carbocycles. The van der Waals surface area contributed by atoms with Gasteiger partial charge in [-0.15, -0.1) is 10.2 Å². The fourth-order valence-electron chi connectivity index (χ4n) is 3.86. The second-order valence-electron chi connectivity index (χ2n) is 7.50. The second-order valence-corrected chi connectivity index (χ2v) is 7.50. The molecule has 9 heteroatoms. The van der Waals surface area contributed by atoms with Crippen LogP contribution in [0, 0.1) is 6.92 Å². The molecular formula is C21H19F2N5O2. The number of rotatable bonds is 4. The van der Waals surface area contributed by atoms with Crippen molar-refractivity contribution >= 4 is 0 Å². The van der Waals surface area contributed by atoms with Gasteiger partial charge in [-0.25, -0.2) is 13.5 Å². The molecule has 3 aromatic rings. The van der Waals surface area contributed by atoms with E-state index in [0.29, 0.717) is 23.4 Å². The van der Waals surface area contributed by atoms with Crippen molar-refractivity contribution in [1.29, 1.82) is 0 Å². The maximum Gasteiger partial charge on any atom is 0.233 e. The van der Waals surface area contributed by atoms with E-state index in [1.54, 1.807) is 28.9 Å². The summed E-state index contributed by atoms with van der Waals surface area (Å²) in [5.74, 6) is -0.301. The number of halogens is 2. The van der Waals surface area contributed by atoms with E-state index >= 15 is 0 Å². The molecule has 0 amide bonds. The van der Waals surface area contributed by atoms with E-state index in [9.17, 15) is 13.9 Å². The molecule has 5 rings (SSSR count). The predicted molar refractivity (Wildman–Crippen MR) is 105 cm³/mol. The van der Waals surface area contributed by atoms with Gasteiger partial charge in [0.25, 0.3) is 0 Å². The Morgan fingerprint density at radius 3 is 2.77 bits per heavy atom. The van der Waals surface area contributed by atoms with Crippen LogP contribution in [0.5, 0.6) is 11.6 Å². The Morgan fingerprint density at radius 1 is 1.20 bits per heavy atom. The van der Waals surface area contributed by atoms with Crippen molar-refractivity contribution in [3.8, 4) is 28.6 Å². The average molecular weight is 411 g/mol. The molecule has 2 aromatic heterocycles. The lowest BCUT2D eigenvalue weighted by Gasteiger charge is -2.32. The fourth-order valence-corrected chi connectivity index (χ4v) is 3.86. The Bertz CT molecular complexity index is 1110. The number of alkyl halides is 1. The summed E-state index contributed by atoms with van der Waals surface area (Å²) in [5.41, 5.74) is 2.53. The standard InChI is InChI=1S/C21H19F2N5O2/c1-11-6-7-28(27-11)13-2-3-14(17(29)10-13)16-4-5-19(26-25-16)30-18-9-12-8-15(22)21(24-12)20(18)23/h2-8,10,12,18,20-21,24,29H,9H2,1H3. The number of ether oxygens (including phenoxy) is 1. The molecule has 0 radical (unpaired) electrons. The Kier molecular flexibility index (Phi) is 4.47. The summed E-state index contributed by atoms with van der Waals surface area (Å²) in [6, 6.07) is 8.99. The number of aromatic hydroxyl groups is 1. The molecule has 2 N–H and O–H groups in total. The van der Waals surface area contributed by atoms with Crippen LogP contribution in [0.2, 0.25) is 0 Å². The van der Waals surface area contributed by atoms with Crippen LogP contribution in [0.15, 0.2) is 54.5 Å². The number of nitrogens with zero attached hydrogens (tertiary/aromatic N) is 4. The molecule has 4 heterocycles. The maximum atomic E-state index is 14.5. The number of phenols is 1. The topological polar surface area (TPSA) is 85.1 Å². The summed E-state index contributed by atoms with van der Waals surface area (Å²) in [6.07, 6.45) is 1.19. The Morgan fingerprint density at radius 2 is 2.07 bits per heavy atom. The molecule has 2 bridgehead atoms. The lowest BCUT2D eigenvalue weighted by Crippen LogP contribution is -2.53. The lowest BCUT2D eigenvalue weighted by atomic mass is 9.99. The van der Waals surface area contributed by atoms with Gasteiger partial charge in [-0.3, -0.25) is 5.32 Å². The van der Waals surface area contributed by atoms with Crippen molar-refractivity contribution in [3.63, 3.8) is 0 Å². The minimum Gasteiger partial charge on any atom is -0.507 e. The van der Waals surface area contributed by atoms with E-state index in [0.717, 1.165) is 5.69 Å². The summed E-state index contributed by atoms with van der Waals surface area (Å²) in [6.45, 7) is 1.89. The molecule has 0 spiro atoms. The number of benzene rings is 1. The van der Waals surface area contributed by atoms with E-state index in [-0.39, 0.29) is 17.7 Å². The number of piperidine rings is 1. The molecule has 1 saturated heterocycles. The van der Waals surface area contributed by atoms with Gasteiger partial charge >= 0.3 is 0 Å². The van der Waals surface area contributed by atoms with Crippen LogP contribution in [-0.2, 0) is 0 Å². The van der Waals surface area contributed by atoms with Crippen molar-refractivity contribution in [2.24, 2.45) is 0 Å². The number of hydrogen-bond donors (Lipinski definition) is 2. The van der Waals surface area contributed by atoms with Crippen LogP contribution >= 0.6 is 0 Å². The molecule has 2 aliphatic heterocycles. The predicted octanol–water partition coefficient (Wildman–Crippen LogP) is 3.03. The van der Waals surface area contributed by atoms with Crippen molar-refractivity contribution in [2.75, 3.05) is 0 Å². The lowest BCUT2D eigenvalue weighted by molar-refractivity contribution is 0.0421. The van der Waals surface area contributed by atoms with Crippen molar-refractivity contribution in [3.05, 3.63) is 60.2 Å². The zero-order valence-electron chi connectivity index (χ0n) is 16.0. The van der Waals surface area contributed by atoms with E-state index in [1.807, 2.05) is 25.3 Å². The van der Waals surface area contributed by atoms with Crippen LogP contribution in [0.1, 0.15) is 12.1 Å². The first kappa shape index (κ1) is 18.7. The monoisotopic (exact) mass is 411 g/mol. The van der Waals surface area contributed by atoms with Crippen molar-refractivity contribution < 1.29 is 18.6 Å². The first-order chi connectivity index (χ1) is 14.5. The summed E-state index contributed by atoms with van der Waals surface area (Å²) in [7, 11) is 0. The van der Waals surface area contributed by atoms with Gasteiger partial charge in [-0.2, -0.15) is 5.10 Å². The van der Waals surface area contributed by atoms with E-state index < -0.39 is 24.1 Å². The quantitative estimate of drug-likeness (QED) is 0.687. The zero-order valence-corrected chi connectivity index (χ0v) is 16.0. The van der Waals surface area contributed by atoms with Gasteiger partial charge in [-0.1, -0.05) is 0 Å². The smallest absolute Gasteiger partial charge is 0.233 e. The van der Waals surface area contributed by atoms with Crippen LogP contribution in [-0.4, -0.2) is 49.4 Å². The van der Waals surface area contributed by atoms with Gasteiger partial charge in [0.2, 0.25) is 5.88 Å². The minimum absolute atomic E-state index is 0.0314. The van der Waals surface area contributed by atoms with Crippen LogP contribution in [0.25, 0.3) is 16.9 Å². The average Bonchev–Trinajstić information content (AvgIpc) is 3.30. The van der Waals surface area contributed by atoms with Gasteiger partial charge in [0.05, 0.1) is 23.1 Å². The third kappa shape index (κ3) is 3.30. The number of fused-ring (bicyclic) bond motifs is 2. The van der Waals surface area contributed by atoms with Crippen LogP contribution in [0.4, 0.5) is 8.78 Å². The molecule has 4 atom stereocenters. The number of aryl methyl sites for hydroxylation is 1. The normalized spacial score (nSPS) is 25.2. The Labute approximate surface area is 171 Å². The fraction of sp³-hybridized carbons (Fsp3) is 0.286. The van der Waals surface area contributed by atoms with E-state index in [4.69, 9.17) is 4.74 Å². The Balaban J connectivity index is 1.32. The molecule has 1 aromatic carbocycles. The molecule has 7 nitrogen and oxygen atoms in total. The molecule has 0 aliphatic carbocycles. The number of nitrogens with one attached hydrogen (secondary N) is 1. The van der Waals surface area contributed by atoms with Gasteiger partial charge in [0.15, 0.2) is 6.17 Å². The SMILES string of the molecule is Cc1ccn(-c2ccc(-c3ccc(OC4CC5C=C(F)C(N5)C4F)nn3)c(O)c2)n1. The summed E-state index contributed by atoms with van der Waals surface area (Å²) < 4.78 is 35.5. The molecular weight excluding hydrogens is 392 g/mol. The largest absolute Gasteiger partial charge is 0.507 e. The molecule has 30 heavy (non-hydrogen) atoms. The van der Waals surface area contributed by atoms with Gasteiger partial charge < -0.3 is 9.84 Å². The second kappa shape index (κ2) is 7.17. The molecule has 154 valence electrons. The van der Waals surface area contributed by atoms with E-state index in [1.165, 1.54) is 6.08 Å². The number of aromatic nitrogens is 4. The highest BCUT2D eigenvalue weighted by molar-refractivity contribution is 5.68. The van der Waals surface area contributed by atoms with Gasteiger partial charge in [-0.05, 0) is 37.3 Å². The van der Waals surface area contributed by atoms with Crippen molar-refractivity contribution in [2.45, 2.75) is 37.7 Å². The highest BCUT2D eigenvalue weighted by Gasteiger charge is 2.45. The number of hydrogen-bond acceptors (Lipinski definition) is 6. The zero-order chi connectivity index (χ0) is 20.8. The van der Waals surface area contributed by atoms with E-state index in [2.05, 4.69) is 20.6 Å². The first-order valence-electron chi connectivity index (χ1n) is 9.62. The van der Waals surface area contributed by atoms with Crippen molar-refractivity contribution in [1.82, 2.24) is 25.3 Å². The summed E-state index contributed by atoms with van der Waals surface area (Å²) in [4.78, 5) is 0. The van der Waals surface area contributed by atoms with Gasteiger partial charge in [0, 0.05) is 36.4 Å². The highest BCUT2D eigenvalue weighted by atomic mass is 19.1. The number of phenolic OH excluding ortho intramolecular Hbond substituents is 1. The third-order valence-electron chi connectivity index (χ3n) is 5.37. The maximum absolute atomic E-state index is 14.5. The third-order valence-corrected chi connectivity index (χ3v) is 5.37. The van der Waals surface area contributed by atoms with Crippen LogP contribution in [0.3, 0.4) is 0 Å². The molecule has 1 fully saturated rings. The Hall–Kier alpha value is -3.33. The van der Waals surface area contributed by atoms with Crippen LogP contribution < -0.4 is 10.1 Å². The summed E-state index contributed by atoms with van der Waals surface area (Å²) >= 11 is 0. The molecule has 2 aliphatic rings. The molecule has 4 unspecified atom stereocenters. The first-order valence-corrected chi connectivity index (χ1v) is 9.62.